The molecule has 0 aliphatic rings. The summed E-state index contributed by atoms with van der Waals surface area (Å²) in [6.07, 6.45) is 0. The number of anilines is 1. The molecule has 0 spiro atoms. The fourth-order valence-electron chi connectivity index (χ4n) is 2.07. The summed E-state index contributed by atoms with van der Waals surface area (Å²) in [4.78, 5) is 31.5. The van der Waals surface area contributed by atoms with Crippen LogP contribution >= 0.6 is 31.9 Å². The second-order valence-electron chi connectivity index (χ2n) is 4.88. The molecule has 0 fully saturated rings. The normalized spacial score (nSPS) is 9.38. The van der Waals surface area contributed by atoms with Crippen molar-refractivity contribution in [2.45, 2.75) is 7.43 Å². The van der Waals surface area contributed by atoms with Crippen LogP contribution in [-0.2, 0) is 0 Å². The van der Waals surface area contributed by atoms with E-state index in [0.29, 0.717) is 10.2 Å². The van der Waals surface area contributed by atoms with Crippen molar-refractivity contribution in [3.8, 4) is 11.5 Å². The molecule has 2 rings (SSSR count). The zero-order chi connectivity index (χ0) is 21.6. The average molecular weight is 538 g/mol. The molecule has 2 aromatic carbocycles. The number of nitrogen functional groups attached to an aromatic ring is 1. The third-order valence-corrected chi connectivity index (χ3v) is 4.62. The highest BCUT2D eigenvalue weighted by atomic mass is 79.9. The molecule has 0 heterocycles. The van der Waals surface area contributed by atoms with Gasteiger partial charge in [-0.15, -0.1) is 0 Å². The summed E-state index contributed by atoms with van der Waals surface area (Å²) in [7, 11) is 2.67. The first-order valence-electron chi connectivity index (χ1n) is 7.16. The number of rotatable bonds is 5. The van der Waals surface area contributed by atoms with Crippen molar-refractivity contribution in [1.82, 2.24) is 0 Å². The molecule has 12 heteroatoms. The number of nitro benzene ring substituents is 1. The average Bonchev–Trinajstić information content (AvgIpc) is 2.61. The molecule has 0 atom stereocenters. The summed E-state index contributed by atoms with van der Waals surface area (Å²) < 4.78 is 10.2. The third-order valence-electron chi connectivity index (χ3n) is 3.29. The van der Waals surface area contributed by atoms with E-state index in [1.54, 1.807) is 12.1 Å². The van der Waals surface area contributed by atoms with Crippen LogP contribution in [-0.4, -0.2) is 41.3 Å². The molecule has 10 nitrogen and oxygen atoms in total. The fourth-order valence-corrected chi connectivity index (χ4v) is 3.07. The molecule has 0 aromatic heterocycles. The number of nitrogens with zero attached hydrogens (tertiary/aromatic N) is 1. The number of nitro groups is 1. The summed E-state index contributed by atoms with van der Waals surface area (Å²) in [5.41, 5.74) is 4.74. The number of carbonyl (C=O) groups is 2. The van der Waals surface area contributed by atoms with E-state index in [1.165, 1.54) is 26.4 Å². The Labute approximate surface area is 182 Å². The lowest BCUT2D eigenvalue weighted by Gasteiger charge is -2.08. The fraction of sp³-hybridized carbons (Fsp3) is 0.176. The number of aromatic carboxylic acids is 2. The lowest BCUT2D eigenvalue weighted by atomic mass is 10.1. The molecule has 0 aliphatic carbocycles. The Hall–Kier alpha value is -2.86. The predicted molar refractivity (Wildman–Crippen MR) is 113 cm³/mol. The van der Waals surface area contributed by atoms with Gasteiger partial charge < -0.3 is 25.4 Å². The summed E-state index contributed by atoms with van der Waals surface area (Å²) in [6.45, 7) is 0. The van der Waals surface area contributed by atoms with E-state index in [9.17, 15) is 19.7 Å². The number of benzene rings is 2. The third kappa shape index (κ3) is 6.06. The molecule has 0 saturated heterocycles. The molecule has 0 aliphatic heterocycles. The van der Waals surface area contributed by atoms with Gasteiger partial charge in [0.25, 0.3) is 0 Å². The first-order chi connectivity index (χ1) is 13.1. The van der Waals surface area contributed by atoms with Crippen molar-refractivity contribution in [2.24, 2.45) is 0 Å². The van der Waals surface area contributed by atoms with Crippen molar-refractivity contribution in [3.63, 3.8) is 0 Å². The quantitative estimate of drug-likeness (QED) is 0.284. The van der Waals surface area contributed by atoms with Gasteiger partial charge in [-0.1, -0.05) is 7.43 Å². The van der Waals surface area contributed by atoms with Crippen LogP contribution in [0.15, 0.2) is 33.2 Å². The van der Waals surface area contributed by atoms with Gasteiger partial charge in [0.05, 0.1) is 24.8 Å². The standard InChI is InChI=1S/C8H6BrNO5.C8H8BrNO3.CH4/c1-15-5-3-2-4(9)6(8(11)12)7(5)10(13)14;1-13-5-3-2-4(9)6(7(5)10)8(11)12;/h2-3H,1H3,(H,11,12);2-3H,10H2,1H3,(H,11,12);1H4. The van der Waals surface area contributed by atoms with Crippen LogP contribution in [0.3, 0.4) is 0 Å². The van der Waals surface area contributed by atoms with Gasteiger partial charge in [-0.25, -0.2) is 9.59 Å². The van der Waals surface area contributed by atoms with Gasteiger partial charge in [-0.3, -0.25) is 10.1 Å². The van der Waals surface area contributed by atoms with Gasteiger partial charge in [-0.2, -0.15) is 0 Å². The number of methoxy groups -OCH3 is 2. The Bertz CT molecular complexity index is 934. The molecule has 0 amide bonds. The number of carboxylic acid groups (broad SMARTS) is 2. The van der Waals surface area contributed by atoms with Gasteiger partial charge in [0, 0.05) is 8.95 Å². The molecule has 0 saturated carbocycles. The molecule has 0 radical (unpaired) electrons. The summed E-state index contributed by atoms with van der Waals surface area (Å²) >= 11 is 6.03. The number of hydrogen-bond donors (Lipinski definition) is 3. The van der Waals surface area contributed by atoms with E-state index in [0.717, 1.165) is 0 Å². The van der Waals surface area contributed by atoms with E-state index < -0.39 is 28.1 Å². The summed E-state index contributed by atoms with van der Waals surface area (Å²) in [5, 5.41) is 28.3. The molecular weight excluding hydrogens is 520 g/mol. The zero-order valence-electron chi connectivity index (χ0n) is 14.4. The number of ether oxygens (including phenoxy) is 2. The molecule has 29 heavy (non-hydrogen) atoms. The highest BCUT2D eigenvalue weighted by Gasteiger charge is 2.28. The molecule has 4 N–H and O–H groups in total. The minimum Gasteiger partial charge on any atom is -0.495 e. The molecule has 158 valence electrons. The Kier molecular flexibility index (Phi) is 10.1. The lowest BCUT2D eigenvalue weighted by Crippen LogP contribution is -2.05. The first-order valence-corrected chi connectivity index (χ1v) is 8.74. The van der Waals surface area contributed by atoms with Gasteiger partial charge in [-0.05, 0) is 56.1 Å². The molecule has 0 bridgehead atoms. The van der Waals surface area contributed by atoms with Crippen molar-refractivity contribution < 1.29 is 34.2 Å². The second kappa shape index (κ2) is 11.2. The van der Waals surface area contributed by atoms with Crippen LogP contribution in [0.25, 0.3) is 0 Å². The number of carboxylic acids is 2. The predicted octanol–water partition coefficient (Wildman–Crippen LogP) is 4.44. The molecule has 2 aromatic rings. The largest absolute Gasteiger partial charge is 0.495 e. The number of hydrogen-bond acceptors (Lipinski definition) is 7. The van der Waals surface area contributed by atoms with Gasteiger partial charge in [0.2, 0.25) is 0 Å². The highest BCUT2D eigenvalue weighted by Crippen LogP contribution is 2.35. The van der Waals surface area contributed by atoms with E-state index in [-0.39, 0.29) is 28.9 Å². The van der Waals surface area contributed by atoms with Crippen LogP contribution in [0.2, 0.25) is 0 Å². The monoisotopic (exact) mass is 536 g/mol. The van der Waals surface area contributed by atoms with Crippen LogP contribution in [0.5, 0.6) is 11.5 Å². The maximum atomic E-state index is 10.8. The Morgan fingerprint density at radius 1 is 0.966 bits per heavy atom. The minimum absolute atomic E-state index is 0. The SMILES string of the molecule is C.COc1ccc(Br)c(C(=O)O)c1N.COc1ccc(Br)c(C(=O)O)c1[N+](=O)[O-]. The van der Waals surface area contributed by atoms with E-state index >= 15 is 0 Å². The van der Waals surface area contributed by atoms with Crippen molar-refractivity contribution in [1.29, 1.82) is 0 Å². The highest BCUT2D eigenvalue weighted by molar-refractivity contribution is 9.10. The van der Waals surface area contributed by atoms with Crippen molar-refractivity contribution in [2.75, 3.05) is 20.0 Å². The van der Waals surface area contributed by atoms with Crippen LogP contribution in [0.4, 0.5) is 11.4 Å². The summed E-state index contributed by atoms with van der Waals surface area (Å²) in [6, 6.07) is 5.90. The number of halogens is 2. The topological polar surface area (TPSA) is 162 Å². The van der Waals surface area contributed by atoms with Crippen LogP contribution < -0.4 is 15.2 Å². The van der Waals surface area contributed by atoms with Crippen molar-refractivity contribution in [3.05, 3.63) is 54.5 Å². The Morgan fingerprint density at radius 3 is 1.76 bits per heavy atom. The maximum absolute atomic E-state index is 10.8. The van der Waals surface area contributed by atoms with Crippen molar-refractivity contribution >= 4 is 55.2 Å². The van der Waals surface area contributed by atoms with Gasteiger partial charge in [0.15, 0.2) is 11.3 Å². The van der Waals surface area contributed by atoms with Gasteiger partial charge >= 0.3 is 17.6 Å². The van der Waals surface area contributed by atoms with E-state index in [1.807, 2.05) is 0 Å². The maximum Gasteiger partial charge on any atom is 0.344 e. The minimum atomic E-state index is -1.38. The van der Waals surface area contributed by atoms with E-state index in [2.05, 4.69) is 31.9 Å². The van der Waals surface area contributed by atoms with Gasteiger partial charge in [0.1, 0.15) is 11.3 Å². The number of nitrogens with two attached hydrogens (primary N) is 1. The summed E-state index contributed by atoms with van der Waals surface area (Å²) in [5.74, 6) is -2.18. The van der Waals surface area contributed by atoms with E-state index in [4.69, 9.17) is 25.4 Å². The Morgan fingerprint density at radius 2 is 1.38 bits per heavy atom. The smallest absolute Gasteiger partial charge is 0.344 e. The zero-order valence-corrected chi connectivity index (χ0v) is 17.6. The Balaban J connectivity index is 0.000000527. The molecule has 0 unspecified atom stereocenters. The second-order valence-corrected chi connectivity index (χ2v) is 6.59. The lowest BCUT2D eigenvalue weighted by molar-refractivity contribution is -0.386. The van der Waals surface area contributed by atoms with Crippen LogP contribution in [0, 0.1) is 10.1 Å². The molecular formula is C17H18Br2N2O8. The first kappa shape index (κ1) is 26.1. The van der Waals surface area contributed by atoms with Crippen LogP contribution in [0.1, 0.15) is 28.1 Å².